The first-order valence-corrected chi connectivity index (χ1v) is 7.33. The van der Waals surface area contributed by atoms with Crippen molar-refractivity contribution < 1.29 is 22.7 Å². The summed E-state index contributed by atoms with van der Waals surface area (Å²) >= 11 is 0. The van der Waals surface area contributed by atoms with Gasteiger partial charge in [-0.1, -0.05) is 0 Å². The zero-order chi connectivity index (χ0) is 16.3. The largest absolute Gasteiger partial charge is 0.465 e. The summed E-state index contributed by atoms with van der Waals surface area (Å²) in [4.78, 5) is 13.5. The highest BCUT2D eigenvalue weighted by molar-refractivity contribution is 5.80. The molecule has 0 amide bonds. The lowest BCUT2D eigenvalue weighted by Gasteiger charge is -2.36. The van der Waals surface area contributed by atoms with Crippen molar-refractivity contribution in [1.82, 2.24) is 10.2 Å². The summed E-state index contributed by atoms with van der Waals surface area (Å²) in [6.07, 6.45) is -2.77. The third-order valence-corrected chi connectivity index (χ3v) is 3.30. The van der Waals surface area contributed by atoms with E-state index in [9.17, 15) is 18.0 Å². The molecule has 1 saturated carbocycles. The minimum atomic E-state index is -4.27. The Morgan fingerprint density at radius 1 is 1.33 bits per heavy atom. The molecule has 1 aliphatic carbocycles. The Kier molecular flexibility index (Phi) is 6.04. The maximum absolute atomic E-state index is 12.7. The predicted molar refractivity (Wildman–Crippen MR) is 74.0 cm³/mol. The first-order valence-electron chi connectivity index (χ1n) is 7.33. The van der Waals surface area contributed by atoms with Gasteiger partial charge in [0.25, 0.3) is 0 Å². The van der Waals surface area contributed by atoms with Gasteiger partial charge in [-0.3, -0.25) is 15.0 Å². The van der Waals surface area contributed by atoms with Crippen molar-refractivity contribution in [2.24, 2.45) is 0 Å². The third-order valence-electron chi connectivity index (χ3n) is 3.30. The number of carbonyl (C=O) groups excluding carboxylic acids is 1. The van der Waals surface area contributed by atoms with Crippen LogP contribution in [0.2, 0.25) is 0 Å². The quantitative estimate of drug-likeness (QED) is 0.699. The van der Waals surface area contributed by atoms with Crippen LogP contribution < -0.4 is 5.32 Å². The standard InChI is InChI=1S/C14H25F3N2O2/c1-5-21-12(20)13(4,18-10(2)3)8-19(11-6-7-11)9-14(15,16)17/h10-11,18H,5-9H2,1-4H3. The summed E-state index contributed by atoms with van der Waals surface area (Å²) in [6.45, 7) is 6.20. The second-order valence-corrected chi connectivity index (χ2v) is 6.10. The molecule has 7 heteroatoms. The summed E-state index contributed by atoms with van der Waals surface area (Å²) in [5, 5.41) is 3.06. The van der Waals surface area contributed by atoms with E-state index in [1.54, 1.807) is 13.8 Å². The molecule has 4 nitrogen and oxygen atoms in total. The number of hydrogen-bond donors (Lipinski definition) is 1. The molecule has 1 aliphatic rings. The summed E-state index contributed by atoms with van der Waals surface area (Å²) in [5.74, 6) is -0.508. The molecule has 124 valence electrons. The fourth-order valence-electron chi connectivity index (χ4n) is 2.49. The van der Waals surface area contributed by atoms with E-state index in [4.69, 9.17) is 4.74 Å². The van der Waals surface area contributed by atoms with Gasteiger partial charge in [0.2, 0.25) is 0 Å². The van der Waals surface area contributed by atoms with Gasteiger partial charge in [0.05, 0.1) is 13.2 Å². The first-order chi connectivity index (χ1) is 9.57. The molecule has 21 heavy (non-hydrogen) atoms. The number of hydrogen-bond acceptors (Lipinski definition) is 4. The summed E-state index contributed by atoms with van der Waals surface area (Å²) in [7, 11) is 0. The Morgan fingerprint density at radius 2 is 1.90 bits per heavy atom. The van der Waals surface area contributed by atoms with Crippen LogP contribution in [0.1, 0.15) is 40.5 Å². The highest BCUT2D eigenvalue weighted by atomic mass is 19.4. The number of esters is 1. The topological polar surface area (TPSA) is 41.6 Å². The Bertz CT molecular complexity index is 357. The van der Waals surface area contributed by atoms with Gasteiger partial charge in [-0.2, -0.15) is 13.2 Å². The maximum Gasteiger partial charge on any atom is 0.401 e. The van der Waals surface area contributed by atoms with Crippen LogP contribution in [-0.2, 0) is 9.53 Å². The molecule has 0 aliphatic heterocycles. The van der Waals surface area contributed by atoms with Crippen molar-refractivity contribution in [3.05, 3.63) is 0 Å². The van der Waals surface area contributed by atoms with E-state index >= 15 is 0 Å². The van der Waals surface area contributed by atoms with Crippen LogP contribution in [-0.4, -0.2) is 54.4 Å². The molecule has 0 bridgehead atoms. The van der Waals surface area contributed by atoms with Crippen LogP contribution in [0.15, 0.2) is 0 Å². The van der Waals surface area contributed by atoms with Gasteiger partial charge in [-0.05, 0) is 40.5 Å². The monoisotopic (exact) mass is 310 g/mol. The average Bonchev–Trinajstić information content (AvgIpc) is 3.08. The van der Waals surface area contributed by atoms with E-state index in [-0.39, 0.29) is 25.2 Å². The lowest BCUT2D eigenvalue weighted by Crippen LogP contribution is -2.60. The number of alkyl halides is 3. The average molecular weight is 310 g/mol. The van der Waals surface area contributed by atoms with Crippen LogP contribution in [0.3, 0.4) is 0 Å². The van der Waals surface area contributed by atoms with E-state index in [2.05, 4.69) is 5.32 Å². The second-order valence-electron chi connectivity index (χ2n) is 6.10. The fourth-order valence-corrected chi connectivity index (χ4v) is 2.49. The molecular formula is C14H25F3N2O2. The number of ether oxygens (including phenoxy) is 1. The number of nitrogens with one attached hydrogen (secondary N) is 1. The van der Waals surface area contributed by atoms with E-state index in [0.29, 0.717) is 0 Å². The van der Waals surface area contributed by atoms with Gasteiger partial charge in [0.15, 0.2) is 0 Å². The van der Waals surface area contributed by atoms with Crippen LogP contribution in [0.25, 0.3) is 0 Å². The number of rotatable bonds is 8. The van der Waals surface area contributed by atoms with Crippen LogP contribution in [0.5, 0.6) is 0 Å². The molecule has 1 atom stereocenters. The van der Waals surface area contributed by atoms with Crippen molar-refractivity contribution in [3.63, 3.8) is 0 Å². The van der Waals surface area contributed by atoms with Gasteiger partial charge in [0, 0.05) is 18.6 Å². The van der Waals surface area contributed by atoms with Crippen LogP contribution in [0, 0.1) is 0 Å². The third kappa shape index (κ3) is 6.22. The van der Waals surface area contributed by atoms with Crippen molar-refractivity contribution in [2.45, 2.75) is 64.3 Å². The van der Waals surface area contributed by atoms with E-state index in [1.165, 1.54) is 4.90 Å². The van der Waals surface area contributed by atoms with Crippen molar-refractivity contribution >= 4 is 5.97 Å². The maximum atomic E-state index is 12.7. The van der Waals surface area contributed by atoms with E-state index < -0.39 is 24.2 Å². The molecule has 0 aromatic rings. The van der Waals surface area contributed by atoms with E-state index in [1.807, 2.05) is 13.8 Å². The SMILES string of the molecule is CCOC(=O)C(C)(CN(CC(F)(F)F)C1CC1)NC(C)C. The predicted octanol–water partition coefficient (Wildman–Crippen LogP) is 2.33. The van der Waals surface area contributed by atoms with Crippen LogP contribution >= 0.6 is 0 Å². The smallest absolute Gasteiger partial charge is 0.401 e. The summed E-state index contributed by atoms with van der Waals surface area (Å²) in [5.41, 5.74) is -1.14. The highest BCUT2D eigenvalue weighted by Crippen LogP contribution is 2.31. The van der Waals surface area contributed by atoms with Gasteiger partial charge in [-0.15, -0.1) is 0 Å². The zero-order valence-corrected chi connectivity index (χ0v) is 13.1. The molecule has 0 saturated heterocycles. The molecule has 0 aromatic carbocycles. The van der Waals surface area contributed by atoms with Crippen molar-refractivity contribution in [3.8, 4) is 0 Å². The molecule has 1 unspecified atom stereocenters. The van der Waals surface area contributed by atoms with Crippen molar-refractivity contribution in [1.29, 1.82) is 0 Å². The van der Waals surface area contributed by atoms with Gasteiger partial charge >= 0.3 is 12.1 Å². The minimum Gasteiger partial charge on any atom is -0.465 e. The summed E-state index contributed by atoms with van der Waals surface area (Å²) < 4.78 is 43.1. The molecule has 0 spiro atoms. The zero-order valence-electron chi connectivity index (χ0n) is 13.1. The molecule has 1 fully saturated rings. The molecule has 0 radical (unpaired) electrons. The van der Waals surface area contributed by atoms with E-state index in [0.717, 1.165) is 12.8 Å². The Labute approximate surface area is 124 Å². The molecule has 1 N–H and O–H groups in total. The number of halogens is 3. The highest BCUT2D eigenvalue weighted by Gasteiger charge is 2.44. The van der Waals surface area contributed by atoms with Gasteiger partial charge in [-0.25, -0.2) is 0 Å². The fraction of sp³-hybridized carbons (Fsp3) is 0.929. The molecule has 0 heterocycles. The molecule has 1 rings (SSSR count). The van der Waals surface area contributed by atoms with Crippen LogP contribution in [0.4, 0.5) is 13.2 Å². The van der Waals surface area contributed by atoms with Gasteiger partial charge < -0.3 is 4.74 Å². The second kappa shape index (κ2) is 6.96. The van der Waals surface area contributed by atoms with Gasteiger partial charge in [0.1, 0.15) is 5.54 Å². The summed E-state index contributed by atoms with van der Waals surface area (Å²) in [6, 6.07) is -0.124. The minimum absolute atomic E-state index is 0.00576. The molecule has 0 aromatic heterocycles. The number of nitrogens with zero attached hydrogens (tertiary/aromatic N) is 1. The lowest BCUT2D eigenvalue weighted by molar-refractivity contribution is -0.160. The Morgan fingerprint density at radius 3 is 2.29 bits per heavy atom. The normalized spacial score (nSPS) is 18.9. The number of carbonyl (C=O) groups is 1. The molecular weight excluding hydrogens is 285 g/mol. The Hall–Kier alpha value is -0.820. The lowest BCUT2D eigenvalue weighted by atomic mass is 10.00. The van der Waals surface area contributed by atoms with Crippen molar-refractivity contribution in [2.75, 3.05) is 19.7 Å². The Balaban J connectivity index is 2.83. The first kappa shape index (κ1) is 18.2.